The lowest BCUT2D eigenvalue weighted by molar-refractivity contribution is -0.137. The molecule has 0 aliphatic carbocycles. The molecule has 11 heteroatoms. The zero-order valence-corrected chi connectivity index (χ0v) is 21.5. The lowest BCUT2D eigenvalue weighted by atomic mass is 9.89. The van der Waals surface area contributed by atoms with Crippen LogP contribution in [0.3, 0.4) is 0 Å². The Hall–Kier alpha value is -3.70. The van der Waals surface area contributed by atoms with Crippen LogP contribution in [0.1, 0.15) is 53.2 Å². The summed E-state index contributed by atoms with van der Waals surface area (Å²) in [5.74, 6) is -1.92. The van der Waals surface area contributed by atoms with Crippen LogP contribution in [-0.4, -0.2) is 33.4 Å². The maximum atomic E-state index is 13.3. The first kappa shape index (κ1) is 28.9. The summed E-state index contributed by atoms with van der Waals surface area (Å²) >= 11 is 0. The van der Waals surface area contributed by atoms with E-state index in [-0.39, 0.29) is 16.1 Å². The number of rotatable bonds is 10. The summed E-state index contributed by atoms with van der Waals surface area (Å²) in [5, 5.41) is 2.58. The van der Waals surface area contributed by atoms with Crippen LogP contribution in [0.5, 0.6) is 0 Å². The topological polar surface area (TPSA) is 102 Å². The SMILES string of the molecule is CCCOCC(=O)NS(=O)(=O)c1ccccc1NC(=O)c1ccccc1C(C)c1ccc(C(F)(F)F)cc1. The fourth-order valence-corrected chi connectivity index (χ4v) is 4.89. The van der Waals surface area contributed by atoms with Crippen LogP contribution in [0, 0.1) is 0 Å². The molecule has 202 valence electrons. The van der Waals surface area contributed by atoms with Gasteiger partial charge in [0.15, 0.2) is 0 Å². The molecule has 1 unspecified atom stereocenters. The number of hydrogen-bond donors (Lipinski definition) is 2. The van der Waals surface area contributed by atoms with Gasteiger partial charge in [0.25, 0.3) is 21.8 Å². The molecule has 0 bridgehead atoms. The van der Waals surface area contributed by atoms with E-state index in [0.29, 0.717) is 24.2 Å². The minimum Gasteiger partial charge on any atom is -0.372 e. The Kier molecular flexibility index (Phi) is 9.29. The average molecular weight is 549 g/mol. The van der Waals surface area contributed by atoms with E-state index in [9.17, 15) is 31.2 Å². The van der Waals surface area contributed by atoms with Crippen molar-refractivity contribution in [1.82, 2.24) is 4.72 Å². The van der Waals surface area contributed by atoms with E-state index in [0.717, 1.165) is 12.1 Å². The summed E-state index contributed by atoms with van der Waals surface area (Å²) < 4.78 is 71.6. The molecule has 7 nitrogen and oxygen atoms in total. The molecule has 3 rings (SSSR count). The number of carbonyl (C=O) groups is 2. The van der Waals surface area contributed by atoms with Crippen molar-refractivity contribution in [3.8, 4) is 0 Å². The van der Waals surface area contributed by atoms with Gasteiger partial charge in [-0.25, -0.2) is 13.1 Å². The third kappa shape index (κ3) is 7.20. The number of halogens is 3. The number of anilines is 1. The summed E-state index contributed by atoms with van der Waals surface area (Å²) in [5.41, 5.74) is 0.482. The molecular weight excluding hydrogens is 521 g/mol. The molecule has 0 fully saturated rings. The van der Waals surface area contributed by atoms with Crippen LogP contribution < -0.4 is 10.0 Å². The Bertz CT molecular complexity index is 1390. The van der Waals surface area contributed by atoms with Crippen molar-refractivity contribution in [1.29, 1.82) is 0 Å². The average Bonchev–Trinajstić information content (AvgIpc) is 2.88. The molecule has 0 radical (unpaired) electrons. The molecule has 0 aliphatic rings. The Morgan fingerprint density at radius 1 is 0.947 bits per heavy atom. The van der Waals surface area contributed by atoms with E-state index in [4.69, 9.17) is 4.74 Å². The van der Waals surface area contributed by atoms with Gasteiger partial charge in [-0.05, 0) is 47.9 Å². The van der Waals surface area contributed by atoms with Crippen molar-refractivity contribution in [2.24, 2.45) is 0 Å². The van der Waals surface area contributed by atoms with Gasteiger partial charge in [0, 0.05) is 18.1 Å². The molecule has 0 saturated carbocycles. The van der Waals surface area contributed by atoms with Crippen LogP contribution in [0.4, 0.5) is 18.9 Å². The zero-order valence-electron chi connectivity index (χ0n) is 20.7. The zero-order chi connectivity index (χ0) is 27.9. The van der Waals surface area contributed by atoms with Crippen LogP contribution >= 0.6 is 0 Å². The first-order chi connectivity index (χ1) is 17.9. The molecule has 0 aromatic heterocycles. The van der Waals surface area contributed by atoms with Crippen LogP contribution in [0.25, 0.3) is 0 Å². The summed E-state index contributed by atoms with van der Waals surface area (Å²) in [7, 11) is -4.33. The Balaban J connectivity index is 1.85. The third-order valence-corrected chi connectivity index (χ3v) is 7.10. The summed E-state index contributed by atoms with van der Waals surface area (Å²) in [6, 6.07) is 16.8. The van der Waals surface area contributed by atoms with Gasteiger partial charge in [0.2, 0.25) is 0 Å². The van der Waals surface area contributed by atoms with E-state index < -0.39 is 46.1 Å². The van der Waals surface area contributed by atoms with E-state index in [2.05, 4.69) is 5.32 Å². The maximum absolute atomic E-state index is 13.3. The largest absolute Gasteiger partial charge is 0.416 e. The van der Waals surface area contributed by atoms with E-state index in [1.54, 1.807) is 25.1 Å². The minimum absolute atomic E-state index is 0.0516. The van der Waals surface area contributed by atoms with E-state index in [1.165, 1.54) is 42.5 Å². The molecule has 3 aromatic carbocycles. The number of nitrogens with one attached hydrogen (secondary N) is 2. The fraction of sp³-hybridized carbons (Fsp3) is 0.259. The van der Waals surface area contributed by atoms with Crippen LogP contribution in [0.15, 0.2) is 77.7 Å². The molecule has 38 heavy (non-hydrogen) atoms. The summed E-state index contributed by atoms with van der Waals surface area (Å²) in [4.78, 5) is 25.0. The number of carbonyl (C=O) groups excluding carboxylic acids is 2. The lowest BCUT2D eigenvalue weighted by Crippen LogP contribution is -2.34. The summed E-state index contributed by atoms with van der Waals surface area (Å²) in [6.45, 7) is 3.46. The number of sulfonamides is 1. The molecular formula is C27H27F3N2O5S. The van der Waals surface area contributed by atoms with Gasteiger partial charge in [-0.1, -0.05) is 56.3 Å². The monoisotopic (exact) mass is 548 g/mol. The number of hydrogen-bond acceptors (Lipinski definition) is 5. The quantitative estimate of drug-likeness (QED) is 0.333. The highest BCUT2D eigenvalue weighted by molar-refractivity contribution is 7.90. The van der Waals surface area contributed by atoms with Crippen molar-refractivity contribution in [3.63, 3.8) is 0 Å². The van der Waals surface area contributed by atoms with Crippen molar-refractivity contribution in [3.05, 3.63) is 95.1 Å². The van der Waals surface area contributed by atoms with Crippen molar-refractivity contribution < 1.29 is 35.9 Å². The maximum Gasteiger partial charge on any atom is 0.416 e. The van der Waals surface area contributed by atoms with Crippen molar-refractivity contribution >= 4 is 27.5 Å². The van der Waals surface area contributed by atoms with Gasteiger partial charge in [-0.2, -0.15) is 13.2 Å². The number of amides is 2. The van der Waals surface area contributed by atoms with E-state index in [1.807, 2.05) is 11.6 Å². The highest BCUT2D eigenvalue weighted by Gasteiger charge is 2.30. The first-order valence-corrected chi connectivity index (χ1v) is 13.2. The highest BCUT2D eigenvalue weighted by atomic mass is 32.2. The molecule has 0 spiro atoms. The Morgan fingerprint density at radius 2 is 1.58 bits per heavy atom. The molecule has 3 aromatic rings. The third-order valence-electron chi connectivity index (χ3n) is 5.66. The molecule has 2 N–H and O–H groups in total. The predicted octanol–water partition coefficient (Wildman–Crippen LogP) is 5.34. The molecule has 0 saturated heterocycles. The second-order valence-electron chi connectivity index (χ2n) is 8.46. The fourth-order valence-electron chi connectivity index (χ4n) is 3.76. The van der Waals surface area contributed by atoms with Crippen LogP contribution in [-0.2, 0) is 25.7 Å². The van der Waals surface area contributed by atoms with Gasteiger partial charge in [-0.3, -0.25) is 9.59 Å². The summed E-state index contributed by atoms with van der Waals surface area (Å²) in [6.07, 6.45) is -3.80. The predicted molar refractivity (Wildman–Crippen MR) is 136 cm³/mol. The number of alkyl halides is 3. The standard InChI is InChI=1S/C27H27F3N2O5S/c1-3-16-37-17-25(33)32-38(35,36)24-11-7-6-10-23(24)31-26(34)22-9-5-4-8-21(22)18(2)19-12-14-20(15-13-19)27(28,29)30/h4-15,18H,3,16-17H2,1-2H3,(H,31,34)(H,32,33). The lowest BCUT2D eigenvalue weighted by Gasteiger charge is -2.18. The second kappa shape index (κ2) is 12.2. The normalized spacial score (nSPS) is 12.6. The number of para-hydroxylation sites is 1. The molecule has 2 amide bonds. The first-order valence-electron chi connectivity index (χ1n) is 11.7. The minimum atomic E-state index is -4.46. The molecule has 0 heterocycles. The van der Waals surface area contributed by atoms with Gasteiger partial charge >= 0.3 is 6.18 Å². The molecule has 1 atom stereocenters. The molecule has 0 aliphatic heterocycles. The van der Waals surface area contributed by atoms with Gasteiger partial charge < -0.3 is 10.1 Å². The van der Waals surface area contributed by atoms with Crippen LogP contribution in [0.2, 0.25) is 0 Å². The smallest absolute Gasteiger partial charge is 0.372 e. The highest BCUT2D eigenvalue weighted by Crippen LogP contribution is 2.33. The van der Waals surface area contributed by atoms with Crippen molar-refractivity contribution in [2.45, 2.75) is 37.3 Å². The second-order valence-corrected chi connectivity index (χ2v) is 10.1. The van der Waals surface area contributed by atoms with Gasteiger partial charge in [0.1, 0.15) is 11.5 Å². The number of benzene rings is 3. The van der Waals surface area contributed by atoms with E-state index >= 15 is 0 Å². The van der Waals surface area contributed by atoms with Crippen molar-refractivity contribution in [2.75, 3.05) is 18.5 Å². The Labute approximate surface area is 219 Å². The Morgan fingerprint density at radius 3 is 2.24 bits per heavy atom. The van der Waals surface area contributed by atoms with Gasteiger partial charge in [-0.15, -0.1) is 0 Å². The van der Waals surface area contributed by atoms with Gasteiger partial charge in [0.05, 0.1) is 11.3 Å². The number of ether oxygens (including phenoxy) is 1.